The van der Waals surface area contributed by atoms with Gasteiger partial charge in [-0.25, -0.2) is 0 Å². The lowest BCUT2D eigenvalue weighted by molar-refractivity contribution is 0.262. The molecule has 0 bridgehead atoms. The van der Waals surface area contributed by atoms with Gasteiger partial charge in [0.05, 0.1) is 6.04 Å². The van der Waals surface area contributed by atoms with E-state index in [1.54, 1.807) is 0 Å². The normalized spacial score (nSPS) is 13.2. The molecular weight excluding hydrogens is 296 g/mol. The number of hydrogen-bond donors (Lipinski definition) is 0. The molecule has 0 aliphatic carbocycles. The van der Waals surface area contributed by atoms with Crippen molar-refractivity contribution in [2.75, 3.05) is 13.6 Å². The van der Waals surface area contributed by atoms with Gasteiger partial charge in [-0.3, -0.25) is 9.88 Å². The van der Waals surface area contributed by atoms with Crippen LogP contribution in [0.1, 0.15) is 22.9 Å². The number of rotatable bonds is 4. The number of likely N-dealkylation sites (N-methyl/N-ethyl adjacent to an activating group) is 1. The summed E-state index contributed by atoms with van der Waals surface area (Å²) in [6.45, 7) is 0.935. The van der Waals surface area contributed by atoms with Gasteiger partial charge in [-0.15, -0.1) is 0 Å². The molecule has 1 aliphatic heterocycles. The van der Waals surface area contributed by atoms with Gasteiger partial charge in [0.2, 0.25) is 0 Å². The van der Waals surface area contributed by atoms with E-state index in [9.17, 15) is 0 Å². The summed E-state index contributed by atoms with van der Waals surface area (Å²) in [5.41, 5.74) is 3.57. The molecule has 3 nitrogen and oxygen atoms in total. The minimum Gasteiger partial charge on any atom is -0.457 e. The third-order valence-corrected chi connectivity index (χ3v) is 4.53. The quantitative estimate of drug-likeness (QED) is 0.711. The van der Waals surface area contributed by atoms with Gasteiger partial charge in [-0.1, -0.05) is 42.5 Å². The van der Waals surface area contributed by atoms with Gasteiger partial charge in [-0.2, -0.15) is 0 Å². The van der Waals surface area contributed by atoms with E-state index in [-0.39, 0.29) is 6.04 Å². The molecule has 24 heavy (non-hydrogen) atoms. The van der Waals surface area contributed by atoms with E-state index in [0.29, 0.717) is 0 Å². The molecule has 120 valence electrons. The standard InChI is InChI=1S/C21H20N2O/c1-23(15-13-16-8-6-7-14-22-16)21-17-9-2-4-11-19(17)24-20-12-5-3-10-18(20)21/h2-12,14,21H,13,15H2,1H3. The molecule has 0 fully saturated rings. The molecule has 0 radical (unpaired) electrons. The van der Waals surface area contributed by atoms with Crippen LogP contribution in [0.5, 0.6) is 11.5 Å². The highest BCUT2D eigenvalue weighted by Gasteiger charge is 2.29. The van der Waals surface area contributed by atoms with Crippen LogP contribution in [-0.4, -0.2) is 23.5 Å². The third kappa shape index (κ3) is 2.79. The van der Waals surface area contributed by atoms with Crippen LogP contribution < -0.4 is 4.74 Å². The molecule has 2 heterocycles. The van der Waals surface area contributed by atoms with Crippen molar-refractivity contribution in [3.63, 3.8) is 0 Å². The topological polar surface area (TPSA) is 25.4 Å². The van der Waals surface area contributed by atoms with Crippen LogP contribution in [0.3, 0.4) is 0 Å². The average molecular weight is 316 g/mol. The highest BCUT2D eigenvalue weighted by Crippen LogP contribution is 2.44. The molecule has 0 atom stereocenters. The fourth-order valence-corrected chi connectivity index (χ4v) is 3.33. The first kappa shape index (κ1) is 14.9. The average Bonchev–Trinajstić information content (AvgIpc) is 2.65. The zero-order valence-corrected chi connectivity index (χ0v) is 13.7. The van der Waals surface area contributed by atoms with E-state index in [1.165, 1.54) is 11.1 Å². The summed E-state index contributed by atoms with van der Waals surface area (Å²) >= 11 is 0. The maximum absolute atomic E-state index is 6.08. The van der Waals surface area contributed by atoms with E-state index < -0.39 is 0 Å². The molecule has 0 amide bonds. The van der Waals surface area contributed by atoms with E-state index in [2.05, 4.69) is 47.3 Å². The Kier molecular flexibility index (Phi) is 4.01. The Morgan fingerprint density at radius 2 is 1.50 bits per heavy atom. The molecule has 0 unspecified atom stereocenters. The van der Waals surface area contributed by atoms with Crippen LogP contribution in [0, 0.1) is 0 Å². The lowest BCUT2D eigenvalue weighted by Gasteiger charge is -2.34. The van der Waals surface area contributed by atoms with Crippen LogP contribution in [0.4, 0.5) is 0 Å². The first-order valence-corrected chi connectivity index (χ1v) is 8.29. The van der Waals surface area contributed by atoms with Gasteiger partial charge in [0, 0.05) is 36.0 Å². The molecule has 0 saturated carbocycles. The van der Waals surface area contributed by atoms with Crippen LogP contribution in [-0.2, 0) is 6.42 Å². The van der Waals surface area contributed by atoms with Crippen molar-refractivity contribution in [1.82, 2.24) is 9.88 Å². The summed E-state index contributed by atoms with van der Waals surface area (Å²) < 4.78 is 6.08. The Balaban J connectivity index is 1.64. The zero-order chi connectivity index (χ0) is 16.4. The SMILES string of the molecule is CN(CCc1ccccn1)C1c2ccccc2Oc2ccccc21. The number of aromatic nitrogens is 1. The molecule has 0 N–H and O–H groups in total. The summed E-state index contributed by atoms with van der Waals surface area (Å²) in [6.07, 6.45) is 2.79. The number of para-hydroxylation sites is 2. The minimum atomic E-state index is 0.204. The van der Waals surface area contributed by atoms with Gasteiger partial charge in [0.15, 0.2) is 0 Å². The van der Waals surface area contributed by atoms with Crippen LogP contribution >= 0.6 is 0 Å². The second kappa shape index (κ2) is 6.46. The zero-order valence-electron chi connectivity index (χ0n) is 13.7. The molecule has 1 aliphatic rings. The van der Waals surface area contributed by atoms with Gasteiger partial charge in [-0.05, 0) is 31.3 Å². The maximum Gasteiger partial charge on any atom is 0.132 e. The van der Waals surface area contributed by atoms with Gasteiger partial charge in [0.25, 0.3) is 0 Å². The molecule has 3 heteroatoms. The highest BCUT2D eigenvalue weighted by molar-refractivity contribution is 5.52. The number of ether oxygens (including phenoxy) is 1. The number of benzene rings is 2. The molecule has 3 aromatic rings. The highest BCUT2D eigenvalue weighted by atomic mass is 16.5. The summed E-state index contributed by atoms with van der Waals surface area (Å²) in [4.78, 5) is 6.82. The summed E-state index contributed by atoms with van der Waals surface area (Å²) in [5, 5.41) is 0. The molecular formula is C21H20N2O. The number of fused-ring (bicyclic) bond motifs is 2. The van der Waals surface area contributed by atoms with E-state index in [4.69, 9.17) is 4.74 Å². The summed E-state index contributed by atoms with van der Waals surface area (Å²) in [5.74, 6) is 1.90. The predicted octanol–water partition coefficient (Wildman–Crippen LogP) is 4.45. The fraction of sp³-hybridized carbons (Fsp3) is 0.190. The Morgan fingerprint density at radius 3 is 2.12 bits per heavy atom. The van der Waals surface area contributed by atoms with Crippen molar-refractivity contribution in [2.24, 2.45) is 0 Å². The monoisotopic (exact) mass is 316 g/mol. The lowest BCUT2D eigenvalue weighted by Crippen LogP contribution is -2.30. The Labute approximate surface area is 142 Å². The van der Waals surface area contributed by atoms with Crippen molar-refractivity contribution in [3.8, 4) is 11.5 Å². The van der Waals surface area contributed by atoms with Crippen LogP contribution in [0.15, 0.2) is 72.9 Å². The van der Waals surface area contributed by atoms with E-state index in [1.807, 2.05) is 42.6 Å². The largest absolute Gasteiger partial charge is 0.457 e. The summed E-state index contributed by atoms with van der Waals surface area (Å²) in [6, 6.07) is 22.9. The van der Waals surface area contributed by atoms with Crippen LogP contribution in [0.2, 0.25) is 0 Å². The maximum atomic E-state index is 6.08. The van der Waals surface area contributed by atoms with Crippen molar-refractivity contribution in [3.05, 3.63) is 89.7 Å². The van der Waals surface area contributed by atoms with Crippen LogP contribution in [0.25, 0.3) is 0 Å². The molecule has 2 aromatic carbocycles. The van der Waals surface area contributed by atoms with Crippen molar-refractivity contribution in [2.45, 2.75) is 12.5 Å². The van der Waals surface area contributed by atoms with Gasteiger partial charge < -0.3 is 4.74 Å². The third-order valence-electron chi connectivity index (χ3n) is 4.53. The Morgan fingerprint density at radius 1 is 0.875 bits per heavy atom. The summed E-state index contributed by atoms with van der Waals surface area (Å²) in [7, 11) is 2.17. The second-order valence-corrected chi connectivity index (χ2v) is 6.13. The van der Waals surface area contributed by atoms with E-state index >= 15 is 0 Å². The molecule has 0 spiro atoms. The smallest absolute Gasteiger partial charge is 0.132 e. The Hall–Kier alpha value is -2.65. The Bertz CT molecular complexity index is 787. The first-order valence-electron chi connectivity index (χ1n) is 8.29. The van der Waals surface area contributed by atoms with E-state index in [0.717, 1.165) is 30.2 Å². The molecule has 1 aromatic heterocycles. The van der Waals surface area contributed by atoms with Gasteiger partial charge >= 0.3 is 0 Å². The molecule has 0 saturated heterocycles. The lowest BCUT2D eigenvalue weighted by atomic mass is 9.93. The minimum absolute atomic E-state index is 0.204. The van der Waals surface area contributed by atoms with Crippen molar-refractivity contribution >= 4 is 0 Å². The van der Waals surface area contributed by atoms with Crippen molar-refractivity contribution in [1.29, 1.82) is 0 Å². The molecule has 4 rings (SSSR count). The number of pyridine rings is 1. The number of nitrogens with zero attached hydrogens (tertiary/aromatic N) is 2. The van der Waals surface area contributed by atoms with Crippen molar-refractivity contribution < 1.29 is 4.74 Å². The predicted molar refractivity (Wildman–Crippen MR) is 95.4 cm³/mol. The van der Waals surface area contributed by atoms with Gasteiger partial charge in [0.1, 0.15) is 11.5 Å². The second-order valence-electron chi connectivity index (χ2n) is 6.13. The fourth-order valence-electron chi connectivity index (χ4n) is 3.33. The number of hydrogen-bond acceptors (Lipinski definition) is 3. The first-order chi connectivity index (χ1) is 11.8.